The van der Waals surface area contributed by atoms with Crippen LogP contribution in [0, 0.1) is 5.92 Å². The fraction of sp³-hybridized carbons (Fsp3) is 0.462. The Kier molecular flexibility index (Phi) is 3.22. The molecule has 0 spiro atoms. The van der Waals surface area contributed by atoms with Crippen LogP contribution in [0.2, 0.25) is 0 Å². The first-order valence-electron chi connectivity index (χ1n) is 5.99. The lowest BCUT2D eigenvalue weighted by Gasteiger charge is -2.21. The third-order valence-corrected chi connectivity index (χ3v) is 3.21. The predicted molar refractivity (Wildman–Crippen MR) is 69.8 cm³/mol. The highest BCUT2D eigenvalue weighted by atomic mass is 16.2. The van der Waals surface area contributed by atoms with Gasteiger partial charge in [-0.1, -0.05) is 6.92 Å². The van der Waals surface area contributed by atoms with Gasteiger partial charge in [0.2, 0.25) is 0 Å². The monoisotopic (exact) mass is 233 g/mol. The molecule has 2 rings (SSSR count). The van der Waals surface area contributed by atoms with Gasteiger partial charge in [0, 0.05) is 24.0 Å². The number of likely N-dealkylation sites (tertiary alicyclic amines) is 1. The van der Waals surface area contributed by atoms with Crippen molar-refractivity contribution in [1.29, 1.82) is 0 Å². The molecule has 2 unspecified atom stereocenters. The van der Waals surface area contributed by atoms with Gasteiger partial charge in [-0.05, 0) is 43.5 Å². The average Bonchev–Trinajstić information content (AvgIpc) is 2.61. The van der Waals surface area contributed by atoms with Crippen LogP contribution in [-0.4, -0.2) is 23.5 Å². The number of carbonyl (C=O) groups excluding carboxylic acids is 1. The van der Waals surface area contributed by atoms with Crippen molar-refractivity contribution in [2.45, 2.75) is 26.3 Å². The Hall–Kier alpha value is -1.71. The molecule has 17 heavy (non-hydrogen) atoms. The summed E-state index contributed by atoms with van der Waals surface area (Å²) in [7, 11) is 0. The molecule has 0 bridgehead atoms. The molecule has 0 aliphatic carbocycles. The van der Waals surface area contributed by atoms with E-state index in [2.05, 4.69) is 19.2 Å². The van der Waals surface area contributed by atoms with Gasteiger partial charge in [0.05, 0.1) is 0 Å². The molecule has 3 N–H and O–H groups in total. The lowest BCUT2D eigenvalue weighted by molar-refractivity contribution is 0.209. The minimum atomic E-state index is -0.0216. The third kappa shape index (κ3) is 2.70. The summed E-state index contributed by atoms with van der Waals surface area (Å²) in [5, 5.41) is 2.89. The summed E-state index contributed by atoms with van der Waals surface area (Å²) < 4.78 is 0. The summed E-state index contributed by atoms with van der Waals surface area (Å²) in [4.78, 5) is 13.9. The van der Waals surface area contributed by atoms with E-state index < -0.39 is 0 Å². The Balaban J connectivity index is 1.99. The van der Waals surface area contributed by atoms with E-state index in [9.17, 15) is 4.79 Å². The highest BCUT2D eigenvalue weighted by molar-refractivity contribution is 5.89. The Morgan fingerprint density at radius 2 is 2.00 bits per heavy atom. The standard InChI is InChI=1S/C13H19N3O/c1-9-7-10(2)16(8-9)13(17)15-12-5-3-11(14)4-6-12/h3-6,9-10H,7-8,14H2,1-2H3,(H,15,17). The summed E-state index contributed by atoms with van der Waals surface area (Å²) in [5.74, 6) is 0.585. The number of amides is 2. The molecule has 1 saturated heterocycles. The van der Waals surface area contributed by atoms with Crippen LogP contribution in [0.5, 0.6) is 0 Å². The van der Waals surface area contributed by atoms with Gasteiger partial charge in [-0.3, -0.25) is 0 Å². The second-order valence-electron chi connectivity index (χ2n) is 4.89. The van der Waals surface area contributed by atoms with Crippen molar-refractivity contribution in [2.24, 2.45) is 5.92 Å². The molecule has 0 saturated carbocycles. The zero-order valence-corrected chi connectivity index (χ0v) is 10.3. The highest BCUT2D eigenvalue weighted by Gasteiger charge is 2.29. The zero-order chi connectivity index (χ0) is 12.4. The first-order chi connectivity index (χ1) is 8.06. The summed E-state index contributed by atoms with van der Waals surface area (Å²) >= 11 is 0. The van der Waals surface area contributed by atoms with Crippen LogP contribution in [0.15, 0.2) is 24.3 Å². The second-order valence-corrected chi connectivity index (χ2v) is 4.89. The number of hydrogen-bond donors (Lipinski definition) is 2. The van der Waals surface area contributed by atoms with E-state index in [1.54, 1.807) is 12.1 Å². The quantitative estimate of drug-likeness (QED) is 0.732. The molecule has 1 fully saturated rings. The van der Waals surface area contributed by atoms with Crippen molar-refractivity contribution in [3.63, 3.8) is 0 Å². The van der Waals surface area contributed by atoms with Crippen LogP contribution < -0.4 is 11.1 Å². The second kappa shape index (κ2) is 4.65. The van der Waals surface area contributed by atoms with Crippen molar-refractivity contribution in [3.05, 3.63) is 24.3 Å². The van der Waals surface area contributed by atoms with E-state index >= 15 is 0 Å². The van der Waals surface area contributed by atoms with Crippen LogP contribution in [0.1, 0.15) is 20.3 Å². The van der Waals surface area contributed by atoms with Crippen LogP contribution >= 0.6 is 0 Å². The van der Waals surface area contributed by atoms with Gasteiger partial charge >= 0.3 is 6.03 Å². The molecule has 1 aliphatic heterocycles. The molecular weight excluding hydrogens is 214 g/mol. The molecule has 4 nitrogen and oxygen atoms in total. The summed E-state index contributed by atoms with van der Waals surface area (Å²) in [6.07, 6.45) is 1.08. The molecule has 0 aromatic heterocycles. The van der Waals surface area contributed by atoms with E-state index in [4.69, 9.17) is 5.73 Å². The van der Waals surface area contributed by atoms with Gasteiger partial charge in [-0.15, -0.1) is 0 Å². The number of hydrogen-bond acceptors (Lipinski definition) is 2. The van der Waals surface area contributed by atoms with Crippen molar-refractivity contribution < 1.29 is 4.79 Å². The smallest absolute Gasteiger partial charge is 0.322 e. The first-order valence-corrected chi connectivity index (χ1v) is 5.99. The summed E-state index contributed by atoms with van der Waals surface area (Å²) in [6, 6.07) is 7.50. The Labute approximate surface area is 102 Å². The van der Waals surface area contributed by atoms with Gasteiger partial charge in [0.1, 0.15) is 0 Å². The Morgan fingerprint density at radius 1 is 1.35 bits per heavy atom. The number of urea groups is 1. The first kappa shape index (κ1) is 11.8. The molecular formula is C13H19N3O. The minimum absolute atomic E-state index is 0.0216. The molecule has 2 amide bonds. The summed E-state index contributed by atoms with van der Waals surface area (Å²) in [6.45, 7) is 5.10. The number of nitrogen functional groups attached to an aromatic ring is 1. The zero-order valence-electron chi connectivity index (χ0n) is 10.3. The van der Waals surface area contributed by atoms with Gasteiger partial charge in [-0.2, -0.15) is 0 Å². The average molecular weight is 233 g/mol. The molecule has 4 heteroatoms. The molecule has 2 atom stereocenters. The van der Waals surface area contributed by atoms with Gasteiger partial charge in [0.15, 0.2) is 0 Å². The van der Waals surface area contributed by atoms with Gasteiger partial charge < -0.3 is 16.0 Å². The van der Waals surface area contributed by atoms with Crippen LogP contribution in [-0.2, 0) is 0 Å². The van der Waals surface area contributed by atoms with Crippen LogP contribution in [0.3, 0.4) is 0 Å². The number of nitrogens with zero attached hydrogens (tertiary/aromatic N) is 1. The fourth-order valence-electron chi connectivity index (χ4n) is 2.34. The van der Waals surface area contributed by atoms with Crippen molar-refractivity contribution in [3.8, 4) is 0 Å². The third-order valence-electron chi connectivity index (χ3n) is 3.21. The van der Waals surface area contributed by atoms with E-state index in [1.807, 2.05) is 17.0 Å². The number of anilines is 2. The predicted octanol–water partition coefficient (Wildman–Crippen LogP) is 2.53. The van der Waals surface area contributed by atoms with Crippen molar-refractivity contribution in [1.82, 2.24) is 4.90 Å². The Bertz CT molecular complexity index is 402. The van der Waals surface area contributed by atoms with E-state index in [0.29, 0.717) is 17.6 Å². The number of rotatable bonds is 1. The van der Waals surface area contributed by atoms with Gasteiger partial charge in [0.25, 0.3) is 0 Å². The normalized spacial score (nSPS) is 23.8. The van der Waals surface area contributed by atoms with Crippen LogP contribution in [0.4, 0.5) is 16.2 Å². The topological polar surface area (TPSA) is 58.4 Å². The molecule has 0 radical (unpaired) electrons. The van der Waals surface area contributed by atoms with E-state index in [-0.39, 0.29) is 6.03 Å². The SMILES string of the molecule is CC1CC(C)N(C(=O)Nc2ccc(N)cc2)C1. The van der Waals surface area contributed by atoms with E-state index in [0.717, 1.165) is 18.7 Å². The maximum Gasteiger partial charge on any atom is 0.322 e. The maximum atomic E-state index is 12.0. The van der Waals surface area contributed by atoms with Gasteiger partial charge in [-0.25, -0.2) is 4.79 Å². The van der Waals surface area contributed by atoms with Crippen molar-refractivity contribution >= 4 is 17.4 Å². The highest BCUT2D eigenvalue weighted by Crippen LogP contribution is 2.23. The minimum Gasteiger partial charge on any atom is -0.399 e. The van der Waals surface area contributed by atoms with E-state index in [1.165, 1.54) is 0 Å². The number of benzene rings is 1. The van der Waals surface area contributed by atoms with Crippen LogP contribution in [0.25, 0.3) is 0 Å². The molecule has 92 valence electrons. The fourth-order valence-corrected chi connectivity index (χ4v) is 2.34. The molecule has 1 heterocycles. The molecule has 1 aromatic carbocycles. The largest absolute Gasteiger partial charge is 0.399 e. The number of nitrogens with two attached hydrogens (primary N) is 1. The number of nitrogens with one attached hydrogen (secondary N) is 1. The molecule has 1 aliphatic rings. The van der Waals surface area contributed by atoms with Crippen molar-refractivity contribution in [2.75, 3.05) is 17.6 Å². The lowest BCUT2D eigenvalue weighted by Crippen LogP contribution is -2.37. The maximum absolute atomic E-state index is 12.0. The number of carbonyl (C=O) groups is 1. The Morgan fingerprint density at radius 3 is 2.53 bits per heavy atom. The molecule has 1 aromatic rings. The lowest BCUT2D eigenvalue weighted by atomic mass is 10.1. The summed E-state index contributed by atoms with van der Waals surface area (Å²) in [5.41, 5.74) is 7.08.